The lowest BCUT2D eigenvalue weighted by molar-refractivity contribution is 0.102. The molecule has 6 heteroatoms. The molecule has 0 aliphatic rings. The van der Waals surface area contributed by atoms with Crippen LogP contribution in [-0.2, 0) is 0 Å². The first kappa shape index (κ1) is 12.8. The zero-order valence-corrected chi connectivity index (χ0v) is 12.2. The number of carbonyl (C=O) groups excluding carboxylic acids is 1. The molecule has 0 saturated heterocycles. The Kier molecular flexibility index (Phi) is 3.01. The van der Waals surface area contributed by atoms with E-state index in [-0.39, 0.29) is 5.91 Å². The maximum atomic E-state index is 12.0. The SMILES string of the molecule is O=C(Nc1nc(-c2c[nH]c3ccccc23)cs1)c1ccoc1. The van der Waals surface area contributed by atoms with E-state index < -0.39 is 0 Å². The van der Waals surface area contributed by atoms with E-state index in [0.29, 0.717) is 10.7 Å². The second-order valence-corrected chi connectivity index (χ2v) is 5.61. The number of fused-ring (bicyclic) bond motifs is 1. The molecule has 0 bridgehead atoms. The molecule has 4 aromatic rings. The number of nitrogens with zero attached hydrogens (tertiary/aromatic N) is 1. The van der Waals surface area contributed by atoms with E-state index in [2.05, 4.69) is 15.3 Å². The van der Waals surface area contributed by atoms with Gasteiger partial charge >= 0.3 is 0 Å². The Morgan fingerprint density at radius 1 is 1.27 bits per heavy atom. The fourth-order valence-electron chi connectivity index (χ4n) is 2.30. The van der Waals surface area contributed by atoms with Crippen LogP contribution in [0.2, 0.25) is 0 Å². The molecule has 1 aromatic carbocycles. The fourth-order valence-corrected chi connectivity index (χ4v) is 3.01. The Morgan fingerprint density at radius 2 is 2.18 bits per heavy atom. The third kappa shape index (κ3) is 2.19. The molecule has 0 spiro atoms. The molecule has 0 fully saturated rings. The van der Waals surface area contributed by atoms with Crippen LogP contribution >= 0.6 is 11.3 Å². The molecule has 0 aliphatic carbocycles. The molecule has 5 nitrogen and oxygen atoms in total. The molecular formula is C16H11N3O2S. The minimum atomic E-state index is -0.228. The molecule has 4 rings (SSSR count). The van der Waals surface area contributed by atoms with Crippen molar-refractivity contribution in [1.29, 1.82) is 0 Å². The second kappa shape index (κ2) is 5.16. The molecule has 0 radical (unpaired) electrons. The summed E-state index contributed by atoms with van der Waals surface area (Å²) < 4.78 is 4.90. The van der Waals surface area contributed by atoms with Crippen LogP contribution in [0.3, 0.4) is 0 Å². The number of hydrogen-bond acceptors (Lipinski definition) is 4. The van der Waals surface area contributed by atoms with Crippen molar-refractivity contribution in [1.82, 2.24) is 9.97 Å². The van der Waals surface area contributed by atoms with Crippen molar-refractivity contribution in [2.24, 2.45) is 0 Å². The van der Waals surface area contributed by atoms with Gasteiger partial charge in [0.2, 0.25) is 0 Å². The smallest absolute Gasteiger partial charge is 0.260 e. The topological polar surface area (TPSA) is 70.9 Å². The zero-order valence-electron chi connectivity index (χ0n) is 11.4. The van der Waals surface area contributed by atoms with Gasteiger partial charge in [0.05, 0.1) is 17.5 Å². The second-order valence-electron chi connectivity index (χ2n) is 4.75. The summed E-state index contributed by atoms with van der Waals surface area (Å²) in [6.45, 7) is 0. The van der Waals surface area contributed by atoms with E-state index >= 15 is 0 Å². The summed E-state index contributed by atoms with van der Waals surface area (Å²) in [5, 5.41) is 6.38. The summed E-state index contributed by atoms with van der Waals surface area (Å²) in [5.41, 5.74) is 3.40. The molecule has 3 aromatic heterocycles. The van der Waals surface area contributed by atoms with Crippen LogP contribution < -0.4 is 5.32 Å². The summed E-state index contributed by atoms with van der Waals surface area (Å²) in [4.78, 5) is 19.7. The molecule has 2 N–H and O–H groups in total. The van der Waals surface area contributed by atoms with Gasteiger partial charge in [0, 0.05) is 28.0 Å². The third-order valence-electron chi connectivity index (χ3n) is 3.37. The van der Waals surface area contributed by atoms with Gasteiger partial charge in [-0.1, -0.05) is 18.2 Å². The number of H-pyrrole nitrogens is 1. The number of rotatable bonds is 3. The van der Waals surface area contributed by atoms with Gasteiger partial charge in [0.15, 0.2) is 5.13 Å². The Bertz CT molecular complexity index is 937. The number of hydrogen-bond donors (Lipinski definition) is 2. The van der Waals surface area contributed by atoms with E-state index in [9.17, 15) is 4.79 Å². The molecule has 3 heterocycles. The van der Waals surface area contributed by atoms with Gasteiger partial charge in [-0.2, -0.15) is 0 Å². The highest BCUT2D eigenvalue weighted by Crippen LogP contribution is 2.31. The minimum absolute atomic E-state index is 0.228. The first-order valence-corrected chi connectivity index (χ1v) is 7.55. The molecule has 1 amide bonds. The van der Waals surface area contributed by atoms with Gasteiger partial charge in [-0.15, -0.1) is 11.3 Å². The number of aromatic nitrogens is 2. The number of amides is 1. The summed E-state index contributed by atoms with van der Waals surface area (Å²) >= 11 is 1.39. The lowest BCUT2D eigenvalue weighted by atomic mass is 10.1. The number of aromatic amines is 1. The van der Waals surface area contributed by atoms with E-state index in [4.69, 9.17) is 4.42 Å². The van der Waals surface area contributed by atoms with Crippen molar-refractivity contribution in [2.75, 3.05) is 5.32 Å². The molecule has 22 heavy (non-hydrogen) atoms. The standard InChI is InChI=1S/C16H11N3O2S/c20-15(10-5-6-21-8-10)19-16-18-14(9-22-16)12-7-17-13-4-2-1-3-11(12)13/h1-9,17H,(H,18,19,20). The van der Waals surface area contributed by atoms with Gasteiger partial charge in [0.1, 0.15) is 6.26 Å². The van der Waals surface area contributed by atoms with Gasteiger partial charge in [-0.25, -0.2) is 4.98 Å². The van der Waals surface area contributed by atoms with Crippen LogP contribution in [0.1, 0.15) is 10.4 Å². The highest BCUT2D eigenvalue weighted by Gasteiger charge is 2.12. The van der Waals surface area contributed by atoms with E-state index in [1.165, 1.54) is 23.9 Å². The summed E-state index contributed by atoms with van der Waals surface area (Å²) in [5.74, 6) is -0.228. The van der Waals surface area contributed by atoms with Gasteiger partial charge < -0.3 is 9.40 Å². The lowest BCUT2D eigenvalue weighted by Crippen LogP contribution is -2.10. The van der Waals surface area contributed by atoms with Crippen molar-refractivity contribution >= 4 is 33.3 Å². The van der Waals surface area contributed by atoms with Crippen LogP contribution in [0.15, 0.2) is 58.9 Å². The van der Waals surface area contributed by atoms with Gasteiger partial charge in [-0.3, -0.25) is 10.1 Å². The number of anilines is 1. The maximum absolute atomic E-state index is 12.0. The number of thiazole rings is 1. The van der Waals surface area contributed by atoms with Crippen molar-refractivity contribution in [3.8, 4) is 11.3 Å². The van der Waals surface area contributed by atoms with Crippen LogP contribution in [-0.4, -0.2) is 15.9 Å². The Hall–Kier alpha value is -2.86. The van der Waals surface area contributed by atoms with Crippen molar-refractivity contribution < 1.29 is 9.21 Å². The highest BCUT2D eigenvalue weighted by molar-refractivity contribution is 7.14. The minimum Gasteiger partial charge on any atom is -0.472 e. The largest absolute Gasteiger partial charge is 0.472 e. The molecule has 0 unspecified atom stereocenters. The zero-order chi connectivity index (χ0) is 14.9. The van der Waals surface area contributed by atoms with E-state index in [1.54, 1.807) is 6.07 Å². The normalized spacial score (nSPS) is 10.9. The van der Waals surface area contributed by atoms with Crippen molar-refractivity contribution in [3.63, 3.8) is 0 Å². The third-order valence-corrected chi connectivity index (χ3v) is 4.13. The van der Waals surface area contributed by atoms with E-state index in [1.807, 2.05) is 35.8 Å². The van der Waals surface area contributed by atoms with Crippen molar-refractivity contribution in [3.05, 3.63) is 60.0 Å². The van der Waals surface area contributed by atoms with E-state index in [0.717, 1.165) is 22.2 Å². The Balaban J connectivity index is 1.63. The number of furan rings is 1. The average Bonchev–Trinajstić information content (AvgIpc) is 3.27. The average molecular weight is 309 g/mol. The van der Waals surface area contributed by atoms with Crippen LogP contribution in [0.5, 0.6) is 0 Å². The Morgan fingerprint density at radius 3 is 3.05 bits per heavy atom. The van der Waals surface area contributed by atoms with Crippen LogP contribution in [0.25, 0.3) is 22.2 Å². The maximum Gasteiger partial charge on any atom is 0.260 e. The Labute approximate surface area is 129 Å². The molecule has 0 aliphatic heterocycles. The summed E-state index contributed by atoms with van der Waals surface area (Å²) in [6, 6.07) is 9.66. The number of benzene rings is 1. The van der Waals surface area contributed by atoms with Crippen molar-refractivity contribution in [2.45, 2.75) is 0 Å². The quantitative estimate of drug-likeness (QED) is 0.597. The van der Waals surface area contributed by atoms with Crippen LogP contribution in [0, 0.1) is 0 Å². The number of para-hydroxylation sites is 1. The van der Waals surface area contributed by atoms with Crippen LogP contribution in [0.4, 0.5) is 5.13 Å². The van der Waals surface area contributed by atoms with Gasteiger partial charge in [0.25, 0.3) is 5.91 Å². The predicted molar refractivity (Wildman–Crippen MR) is 86.1 cm³/mol. The first-order valence-electron chi connectivity index (χ1n) is 6.67. The first-order chi connectivity index (χ1) is 10.8. The monoisotopic (exact) mass is 309 g/mol. The predicted octanol–water partition coefficient (Wildman–Crippen LogP) is 4.14. The molecule has 0 atom stereocenters. The molecule has 0 saturated carbocycles. The lowest BCUT2D eigenvalue weighted by Gasteiger charge is -1.97. The fraction of sp³-hybridized carbons (Fsp3) is 0. The number of nitrogens with one attached hydrogen (secondary N) is 2. The van der Waals surface area contributed by atoms with Gasteiger partial charge in [-0.05, 0) is 12.1 Å². The number of carbonyl (C=O) groups is 1. The molecular weight excluding hydrogens is 298 g/mol. The summed E-state index contributed by atoms with van der Waals surface area (Å²) in [6.07, 6.45) is 4.80. The summed E-state index contributed by atoms with van der Waals surface area (Å²) in [7, 11) is 0. The highest BCUT2D eigenvalue weighted by atomic mass is 32.1. The molecule has 108 valence electrons.